The molecule has 4 aromatic rings. The minimum absolute atomic E-state index is 0.157. The van der Waals surface area contributed by atoms with Crippen LogP contribution in [-0.4, -0.2) is 66.3 Å². The van der Waals surface area contributed by atoms with Crippen molar-refractivity contribution in [1.29, 1.82) is 0 Å². The van der Waals surface area contributed by atoms with Gasteiger partial charge in [0.2, 0.25) is 11.9 Å². The summed E-state index contributed by atoms with van der Waals surface area (Å²) < 4.78 is 27.0. The molecular weight excluding hydrogens is 442 g/mol. The van der Waals surface area contributed by atoms with Gasteiger partial charge in [-0.2, -0.15) is 4.98 Å². The fraction of sp³-hybridized carbons (Fsp3) is 0.435. The number of carbonyl (C=O) groups is 1. The number of hydrogen-bond donors (Lipinski definition) is 2. The van der Waals surface area contributed by atoms with E-state index in [2.05, 4.69) is 30.6 Å². The number of fused-ring (bicyclic) bond motifs is 3. The van der Waals surface area contributed by atoms with E-state index >= 15 is 0 Å². The Bertz CT molecular complexity index is 1370. The van der Waals surface area contributed by atoms with Gasteiger partial charge in [0.1, 0.15) is 17.7 Å². The van der Waals surface area contributed by atoms with Gasteiger partial charge in [-0.1, -0.05) is 11.3 Å². The van der Waals surface area contributed by atoms with Gasteiger partial charge in [0.15, 0.2) is 0 Å². The Hall–Kier alpha value is -3.63. The van der Waals surface area contributed by atoms with Gasteiger partial charge in [-0.15, -0.1) is 5.10 Å². The summed E-state index contributed by atoms with van der Waals surface area (Å²) in [6.07, 6.45) is 3.14. The molecule has 11 heteroatoms. The number of rotatable bonds is 5. The molecule has 1 saturated heterocycles. The SMILES string of the molecule is CC(=O)N1C[C@H]2C[C@@H](Nc3ncc4c(-c5ccc6nnn(CC(F)F)c6c5)c[nH]c4n3)C[C@H]2C1. The lowest BCUT2D eigenvalue weighted by molar-refractivity contribution is -0.128. The zero-order valence-electron chi connectivity index (χ0n) is 18.6. The highest BCUT2D eigenvalue weighted by Crippen LogP contribution is 2.39. The molecule has 0 radical (unpaired) electrons. The predicted molar refractivity (Wildman–Crippen MR) is 122 cm³/mol. The van der Waals surface area contributed by atoms with Crippen LogP contribution < -0.4 is 5.32 Å². The fourth-order valence-corrected chi connectivity index (χ4v) is 5.47. The lowest BCUT2D eigenvalue weighted by Crippen LogP contribution is -2.29. The first kappa shape index (κ1) is 20.9. The quantitative estimate of drug-likeness (QED) is 0.468. The summed E-state index contributed by atoms with van der Waals surface area (Å²) in [5, 5.41) is 12.1. The molecule has 2 aliphatic rings. The van der Waals surface area contributed by atoms with E-state index in [0.29, 0.717) is 40.5 Å². The van der Waals surface area contributed by atoms with E-state index in [-0.39, 0.29) is 5.91 Å². The third-order valence-electron chi connectivity index (χ3n) is 7.10. The normalized spacial score (nSPS) is 22.2. The summed E-state index contributed by atoms with van der Waals surface area (Å²) in [5.74, 6) is 1.79. The van der Waals surface area contributed by atoms with Crippen molar-refractivity contribution in [1.82, 2.24) is 34.8 Å². The van der Waals surface area contributed by atoms with E-state index in [0.717, 1.165) is 42.4 Å². The molecule has 4 heterocycles. The van der Waals surface area contributed by atoms with Crippen LogP contribution in [0.4, 0.5) is 14.7 Å². The Morgan fingerprint density at radius 1 is 1.26 bits per heavy atom. The summed E-state index contributed by atoms with van der Waals surface area (Å²) in [6.45, 7) is 2.82. The first-order chi connectivity index (χ1) is 16.4. The standard InChI is InChI=1S/C23H24F2N8O/c1-12(34)32-9-14-4-16(5-15(14)10-32)28-23-27-8-18-17(7-26-22(18)29-23)13-2-3-19-20(6-13)33(31-30-19)11-21(24)25/h2-3,6-8,14-16,21H,4-5,9-11H2,1H3,(H2,26,27,28,29)/t14-,15+,16-. The number of likely N-dealkylation sites (tertiary alicyclic amines) is 1. The van der Waals surface area contributed by atoms with Crippen molar-refractivity contribution < 1.29 is 13.6 Å². The molecule has 2 fully saturated rings. The van der Waals surface area contributed by atoms with Crippen LogP contribution in [0.1, 0.15) is 19.8 Å². The van der Waals surface area contributed by atoms with Crippen LogP contribution in [0.15, 0.2) is 30.6 Å². The summed E-state index contributed by atoms with van der Waals surface area (Å²) >= 11 is 0. The Labute approximate surface area is 193 Å². The maximum Gasteiger partial charge on any atom is 0.258 e. The number of aromatic nitrogens is 6. The second-order valence-electron chi connectivity index (χ2n) is 9.28. The Morgan fingerprint density at radius 2 is 2.06 bits per heavy atom. The van der Waals surface area contributed by atoms with Crippen LogP contribution >= 0.6 is 0 Å². The third-order valence-corrected chi connectivity index (χ3v) is 7.10. The smallest absolute Gasteiger partial charge is 0.258 e. The second-order valence-corrected chi connectivity index (χ2v) is 9.28. The van der Waals surface area contributed by atoms with E-state index in [1.807, 2.05) is 23.2 Å². The minimum Gasteiger partial charge on any atom is -0.351 e. The highest BCUT2D eigenvalue weighted by molar-refractivity contribution is 5.95. The zero-order valence-corrected chi connectivity index (χ0v) is 18.6. The molecule has 176 valence electrons. The molecule has 6 rings (SSSR count). The van der Waals surface area contributed by atoms with Crippen molar-refractivity contribution in [2.75, 3.05) is 18.4 Å². The van der Waals surface area contributed by atoms with Gasteiger partial charge >= 0.3 is 0 Å². The van der Waals surface area contributed by atoms with Crippen LogP contribution in [0.3, 0.4) is 0 Å². The van der Waals surface area contributed by atoms with Crippen LogP contribution in [0.25, 0.3) is 33.2 Å². The Kier molecular flexibility index (Phi) is 4.93. The summed E-state index contributed by atoms with van der Waals surface area (Å²) in [7, 11) is 0. The predicted octanol–water partition coefficient (Wildman–Crippen LogP) is 3.30. The number of nitrogens with one attached hydrogen (secondary N) is 2. The number of nitrogens with zero attached hydrogens (tertiary/aromatic N) is 6. The fourth-order valence-electron chi connectivity index (χ4n) is 5.47. The molecule has 1 saturated carbocycles. The maximum absolute atomic E-state index is 12.9. The van der Waals surface area contributed by atoms with Crippen molar-refractivity contribution in [2.45, 2.75) is 38.8 Å². The molecule has 1 amide bonds. The summed E-state index contributed by atoms with van der Waals surface area (Å²) in [4.78, 5) is 26.0. The number of carbonyl (C=O) groups excluding carboxylic acids is 1. The lowest BCUT2D eigenvalue weighted by atomic mass is 10.0. The molecule has 1 aliphatic heterocycles. The van der Waals surface area contributed by atoms with Gasteiger partial charge in [0, 0.05) is 49.4 Å². The molecule has 2 N–H and O–H groups in total. The van der Waals surface area contributed by atoms with E-state index in [1.54, 1.807) is 19.2 Å². The zero-order chi connectivity index (χ0) is 23.4. The van der Waals surface area contributed by atoms with Crippen molar-refractivity contribution in [3.63, 3.8) is 0 Å². The van der Waals surface area contributed by atoms with Gasteiger partial charge in [-0.05, 0) is 42.4 Å². The van der Waals surface area contributed by atoms with E-state index < -0.39 is 13.0 Å². The van der Waals surface area contributed by atoms with Crippen molar-refractivity contribution in [3.8, 4) is 11.1 Å². The molecule has 0 unspecified atom stereocenters. The molecule has 1 aromatic carbocycles. The highest BCUT2D eigenvalue weighted by Gasteiger charge is 2.41. The van der Waals surface area contributed by atoms with Crippen LogP contribution in [0.5, 0.6) is 0 Å². The average Bonchev–Trinajstić information content (AvgIpc) is 3.55. The average molecular weight is 466 g/mol. The van der Waals surface area contributed by atoms with Gasteiger partial charge in [0.25, 0.3) is 6.43 Å². The molecule has 0 bridgehead atoms. The Balaban J connectivity index is 1.21. The van der Waals surface area contributed by atoms with Gasteiger partial charge in [-0.25, -0.2) is 18.4 Å². The number of H-pyrrole nitrogens is 1. The van der Waals surface area contributed by atoms with Gasteiger partial charge < -0.3 is 15.2 Å². The van der Waals surface area contributed by atoms with Crippen LogP contribution in [0, 0.1) is 11.8 Å². The van der Waals surface area contributed by atoms with Crippen molar-refractivity contribution in [2.24, 2.45) is 11.8 Å². The first-order valence-corrected chi connectivity index (χ1v) is 11.4. The van der Waals surface area contributed by atoms with Crippen molar-refractivity contribution >= 4 is 33.9 Å². The number of halogens is 2. The molecule has 1 aliphatic carbocycles. The summed E-state index contributed by atoms with van der Waals surface area (Å²) in [6, 6.07) is 5.77. The third kappa shape index (κ3) is 3.64. The molecule has 34 heavy (non-hydrogen) atoms. The number of alkyl halides is 2. The molecule has 9 nitrogen and oxygen atoms in total. The van der Waals surface area contributed by atoms with E-state index in [1.165, 1.54) is 4.68 Å². The first-order valence-electron chi connectivity index (χ1n) is 11.4. The second kappa shape index (κ2) is 8.00. The molecule has 3 aromatic heterocycles. The maximum atomic E-state index is 12.9. The minimum atomic E-state index is -2.51. The number of hydrogen-bond acceptors (Lipinski definition) is 6. The van der Waals surface area contributed by atoms with Gasteiger partial charge in [-0.3, -0.25) is 4.79 Å². The largest absolute Gasteiger partial charge is 0.351 e. The Morgan fingerprint density at radius 3 is 2.79 bits per heavy atom. The summed E-state index contributed by atoms with van der Waals surface area (Å²) in [5.41, 5.74) is 3.56. The highest BCUT2D eigenvalue weighted by atomic mass is 19.3. The number of benzene rings is 1. The molecular formula is C23H24F2N8O. The van der Waals surface area contributed by atoms with E-state index in [9.17, 15) is 13.6 Å². The number of amides is 1. The molecule has 0 spiro atoms. The monoisotopic (exact) mass is 466 g/mol. The van der Waals surface area contributed by atoms with E-state index in [4.69, 9.17) is 0 Å². The van der Waals surface area contributed by atoms with Crippen LogP contribution in [0.2, 0.25) is 0 Å². The van der Waals surface area contributed by atoms with Crippen molar-refractivity contribution in [3.05, 3.63) is 30.6 Å². The number of anilines is 1. The lowest BCUT2D eigenvalue weighted by Gasteiger charge is -2.18. The number of aromatic amines is 1. The van der Waals surface area contributed by atoms with Gasteiger partial charge in [0.05, 0.1) is 5.52 Å². The van der Waals surface area contributed by atoms with Crippen LogP contribution in [-0.2, 0) is 11.3 Å². The molecule has 3 atom stereocenters. The topological polar surface area (TPSA) is 105 Å².